The summed E-state index contributed by atoms with van der Waals surface area (Å²) < 4.78 is 1.92. The Kier molecular flexibility index (Phi) is 6.33. The lowest BCUT2D eigenvalue weighted by Gasteiger charge is -2.43. The Morgan fingerprint density at radius 3 is 2.90 bits per heavy atom. The van der Waals surface area contributed by atoms with Crippen molar-refractivity contribution in [1.82, 2.24) is 20.1 Å². The van der Waals surface area contributed by atoms with E-state index in [1.54, 1.807) is 6.07 Å². The molecule has 2 aliphatic heterocycles. The highest BCUT2D eigenvalue weighted by atomic mass is 32.1. The number of fused-ring (bicyclic) bond motifs is 4. The van der Waals surface area contributed by atoms with E-state index in [1.165, 1.54) is 31.3 Å². The topological polar surface area (TPSA) is 66.4 Å². The third kappa shape index (κ3) is 4.89. The van der Waals surface area contributed by atoms with E-state index < -0.39 is 0 Å². The summed E-state index contributed by atoms with van der Waals surface area (Å²) in [6, 6.07) is 5.53. The molecule has 1 aliphatic carbocycles. The van der Waals surface area contributed by atoms with Crippen molar-refractivity contribution in [1.29, 1.82) is 0 Å². The van der Waals surface area contributed by atoms with Crippen molar-refractivity contribution in [3.63, 3.8) is 0 Å². The number of hydrogen-bond donors (Lipinski definition) is 2. The molecule has 2 N–H and O–H groups in total. The van der Waals surface area contributed by atoms with E-state index in [0.717, 1.165) is 38.2 Å². The first-order valence-corrected chi connectivity index (χ1v) is 11.2. The second-order valence-electron chi connectivity index (χ2n) is 8.47. The fourth-order valence-corrected chi connectivity index (χ4v) is 5.11. The molecule has 1 aromatic rings. The van der Waals surface area contributed by atoms with Crippen molar-refractivity contribution in [2.45, 2.75) is 51.0 Å². The summed E-state index contributed by atoms with van der Waals surface area (Å²) in [5.74, 6) is 0.713. The molecule has 6 nitrogen and oxygen atoms in total. The van der Waals surface area contributed by atoms with Crippen LogP contribution in [0.2, 0.25) is 0 Å². The molecule has 4 rings (SSSR count). The fourth-order valence-electron chi connectivity index (χ4n) is 4.89. The molecule has 156 valence electrons. The number of amides is 1. The van der Waals surface area contributed by atoms with Gasteiger partial charge in [0.25, 0.3) is 5.56 Å². The SMILES string of the molecule is O=C(CNC(=S)N1CC2CC(C1)c1cccc(=O)n1C2)NCCC1=CCCCC1. The summed E-state index contributed by atoms with van der Waals surface area (Å²) in [6.07, 6.45) is 9.27. The van der Waals surface area contributed by atoms with E-state index in [4.69, 9.17) is 12.2 Å². The number of allylic oxidation sites excluding steroid dienone is 1. The summed E-state index contributed by atoms with van der Waals surface area (Å²) in [5, 5.41) is 6.75. The Hall–Kier alpha value is -2.15. The lowest BCUT2D eigenvalue weighted by molar-refractivity contribution is -0.120. The van der Waals surface area contributed by atoms with E-state index in [1.807, 2.05) is 10.6 Å². The summed E-state index contributed by atoms with van der Waals surface area (Å²) in [5.41, 5.74) is 2.67. The van der Waals surface area contributed by atoms with Crippen LogP contribution in [-0.4, -0.2) is 46.7 Å². The lowest BCUT2D eigenvalue weighted by Crippen LogP contribution is -2.52. The van der Waals surface area contributed by atoms with E-state index in [0.29, 0.717) is 23.5 Å². The first-order valence-electron chi connectivity index (χ1n) is 10.8. The van der Waals surface area contributed by atoms with Crippen molar-refractivity contribution >= 4 is 23.2 Å². The Labute approximate surface area is 177 Å². The van der Waals surface area contributed by atoms with E-state index in [2.05, 4.69) is 27.7 Å². The number of piperidine rings is 1. The smallest absolute Gasteiger partial charge is 0.250 e. The predicted molar refractivity (Wildman–Crippen MR) is 118 cm³/mol. The first kappa shape index (κ1) is 20.1. The van der Waals surface area contributed by atoms with Crippen LogP contribution >= 0.6 is 12.2 Å². The van der Waals surface area contributed by atoms with Gasteiger partial charge in [-0.15, -0.1) is 0 Å². The van der Waals surface area contributed by atoms with Gasteiger partial charge in [0.1, 0.15) is 0 Å². The number of rotatable bonds is 5. The largest absolute Gasteiger partial charge is 0.354 e. The van der Waals surface area contributed by atoms with Crippen molar-refractivity contribution in [3.8, 4) is 0 Å². The fraction of sp³-hybridized carbons (Fsp3) is 0.591. The number of nitrogens with zero attached hydrogens (tertiary/aromatic N) is 2. The molecule has 1 fully saturated rings. The Morgan fingerprint density at radius 1 is 1.17 bits per heavy atom. The summed E-state index contributed by atoms with van der Waals surface area (Å²) >= 11 is 5.57. The van der Waals surface area contributed by atoms with Crippen molar-refractivity contribution in [2.75, 3.05) is 26.2 Å². The van der Waals surface area contributed by atoms with E-state index in [9.17, 15) is 9.59 Å². The molecule has 1 saturated heterocycles. The normalized spacial score (nSPS) is 23.0. The molecular weight excluding hydrogens is 384 g/mol. The van der Waals surface area contributed by atoms with Crippen molar-refractivity contribution < 1.29 is 4.79 Å². The third-order valence-electron chi connectivity index (χ3n) is 6.32. The van der Waals surface area contributed by atoms with Gasteiger partial charge in [0.05, 0.1) is 6.54 Å². The summed E-state index contributed by atoms with van der Waals surface area (Å²) in [7, 11) is 0. The molecule has 1 amide bonds. The van der Waals surface area contributed by atoms with Crippen molar-refractivity contribution in [3.05, 3.63) is 45.9 Å². The van der Waals surface area contributed by atoms with Crippen LogP contribution < -0.4 is 16.2 Å². The van der Waals surface area contributed by atoms with Gasteiger partial charge in [-0.05, 0) is 62.7 Å². The number of likely N-dealkylation sites (tertiary alicyclic amines) is 1. The maximum atomic E-state index is 12.2. The summed E-state index contributed by atoms with van der Waals surface area (Å²) in [6.45, 7) is 3.28. The molecular formula is C22H30N4O2S. The van der Waals surface area contributed by atoms with E-state index in [-0.39, 0.29) is 18.0 Å². The van der Waals surface area contributed by atoms with Gasteiger partial charge in [0.15, 0.2) is 5.11 Å². The Morgan fingerprint density at radius 2 is 2.07 bits per heavy atom. The number of hydrogen-bond acceptors (Lipinski definition) is 3. The highest BCUT2D eigenvalue weighted by Gasteiger charge is 2.35. The monoisotopic (exact) mass is 414 g/mol. The number of pyridine rings is 1. The van der Waals surface area contributed by atoms with Crippen molar-refractivity contribution in [2.24, 2.45) is 5.92 Å². The molecule has 2 unspecified atom stereocenters. The molecule has 3 aliphatic rings. The molecule has 29 heavy (non-hydrogen) atoms. The van der Waals surface area contributed by atoms with Gasteiger partial charge >= 0.3 is 0 Å². The van der Waals surface area contributed by atoms with Crippen LogP contribution in [0.4, 0.5) is 0 Å². The highest BCUT2D eigenvalue weighted by Crippen LogP contribution is 2.34. The van der Waals surface area contributed by atoms with Crippen LogP contribution in [-0.2, 0) is 11.3 Å². The molecule has 0 spiro atoms. The molecule has 1 aromatic heterocycles. The number of thiocarbonyl (C=S) groups is 1. The van der Waals surface area contributed by atoms with Crippen LogP contribution in [0.25, 0.3) is 0 Å². The number of carbonyl (C=O) groups excluding carboxylic acids is 1. The van der Waals surface area contributed by atoms with Gasteiger partial charge in [-0.3, -0.25) is 9.59 Å². The molecule has 0 aromatic carbocycles. The van der Waals surface area contributed by atoms with E-state index >= 15 is 0 Å². The lowest BCUT2D eigenvalue weighted by atomic mass is 9.83. The maximum Gasteiger partial charge on any atom is 0.250 e. The van der Waals surface area contributed by atoms with Gasteiger partial charge in [0, 0.05) is 43.9 Å². The number of carbonyl (C=O) groups is 1. The van der Waals surface area contributed by atoms with Gasteiger partial charge < -0.3 is 20.1 Å². The highest BCUT2D eigenvalue weighted by molar-refractivity contribution is 7.80. The molecule has 7 heteroatoms. The van der Waals surface area contributed by atoms with Crippen LogP contribution in [0.5, 0.6) is 0 Å². The van der Waals surface area contributed by atoms with Crippen LogP contribution in [0, 0.1) is 5.92 Å². The molecule has 2 atom stereocenters. The molecule has 0 saturated carbocycles. The zero-order valence-electron chi connectivity index (χ0n) is 16.9. The van der Waals surface area contributed by atoms with Gasteiger partial charge in [-0.25, -0.2) is 0 Å². The van der Waals surface area contributed by atoms with Gasteiger partial charge in [-0.1, -0.05) is 17.7 Å². The maximum absolute atomic E-state index is 12.2. The zero-order chi connectivity index (χ0) is 20.2. The van der Waals surface area contributed by atoms with Crippen LogP contribution in [0.3, 0.4) is 0 Å². The molecule has 0 radical (unpaired) electrons. The second kappa shape index (κ2) is 9.11. The summed E-state index contributed by atoms with van der Waals surface area (Å²) in [4.78, 5) is 26.5. The van der Waals surface area contributed by atoms with Gasteiger partial charge in [-0.2, -0.15) is 0 Å². The Balaban J connectivity index is 1.24. The molecule has 3 heterocycles. The number of aromatic nitrogens is 1. The minimum Gasteiger partial charge on any atom is -0.354 e. The first-order chi connectivity index (χ1) is 14.1. The molecule has 2 bridgehead atoms. The predicted octanol–water partition coefficient (Wildman–Crippen LogP) is 2.15. The average Bonchev–Trinajstić information content (AvgIpc) is 2.73. The Bertz CT molecular complexity index is 863. The minimum absolute atomic E-state index is 0.0159. The zero-order valence-corrected chi connectivity index (χ0v) is 17.7. The van der Waals surface area contributed by atoms with Crippen LogP contribution in [0.15, 0.2) is 34.6 Å². The standard InChI is InChI=1S/C22H30N4O2S/c27-20(23-10-9-16-5-2-1-3-6-16)12-24-22(29)25-13-17-11-18(15-25)19-7-4-8-21(28)26(19)14-17/h4-5,7-8,17-18H,1-3,6,9-15H2,(H,23,27)(H,24,29). The quantitative estimate of drug-likeness (QED) is 0.571. The second-order valence-corrected chi connectivity index (χ2v) is 8.86. The third-order valence-corrected chi connectivity index (χ3v) is 6.72. The van der Waals surface area contributed by atoms with Crippen LogP contribution in [0.1, 0.15) is 50.1 Å². The average molecular weight is 415 g/mol. The number of nitrogens with one attached hydrogen (secondary N) is 2. The van der Waals surface area contributed by atoms with Gasteiger partial charge in [0.2, 0.25) is 5.91 Å². The minimum atomic E-state index is -0.0159.